The molecule has 0 unspecified atom stereocenters. The van der Waals surface area contributed by atoms with E-state index < -0.39 is 5.97 Å². The van der Waals surface area contributed by atoms with Crippen LogP contribution in [0.5, 0.6) is 0 Å². The highest BCUT2D eigenvalue weighted by molar-refractivity contribution is 7.99. The van der Waals surface area contributed by atoms with Crippen molar-refractivity contribution in [3.63, 3.8) is 0 Å². The van der Waals surface area contributed by atoms with Gasteiger partial charge in [0.25, 0.3) is 0 Å². The second-order valence-electron chi connectivity index (χ2n) is 5.69. The van der Waals surface area contributed by atoms with Gasteiger partial charge in [0, 0.05) is 5.75 Å². The predicted molar refractivity (Wildman–Crippen MR) is 91.0 cm³/mol. The highest BCUT2D eigenvalue weighted by atomic mass is 32.2. The maximum Gasteiger partial charge on any atom is 0.304 e. The van der Waals surface area contributed by atoms with Crippen molar-refractivity contribution in [2.24, 2.45) is 0 Å². The maximum absolute atomic E-state index is 11.9. The highest BCUT2D eigenvalue weighted by Gasteiger charge is 1.97. The first-order valence-electron chi connectivity index (χ1n) is 8.63. The van der Waals surface area contributed by atoms with Gasteiger partial charge in [-0.3, -0.25) is 9.18 Å². The van der Waals surface area contributed by atoms with Gasteiger partial charge in [-0.15, -0.1) is 0 Å². The van der Waals surface area contributed by atoms with Crippen molar-refractivity contribution in [1.29, 1.82) is 0 Å². The number of carboxylic acid groups (broad SMARTS) is 1. The molecular formula is C17H33FO2S. The van der Waals surface area contributed by atoms with Gasteiger partial charge in [-0.2, -0.15) is 11.8 Å². The zero-order valence-electron chi connectivity index (χ0n) is 13.5. The lowest BCUT2D eigenvalue weighted by Gasteiger charge is -2.03. The monoisotopic (exact) mass is 319 g/mol. The Labute approximate surface area is 134 Å². The van der Waals surface area contributed by atoms with E-state index in [1.54, 1.807) is 11.8 Å². The second-order valence-corrected chi connectivity index (χ2v) is 6.91. The minimum atomic E-state index is -0.690. The van der Waals surface area contributed by atoms with Crippen LogP contribution in [0.2, 0.25) is 0 Å². The molecule has 0 bridgehead atoms. The molecule has 0 rings (SSSR count). The average Bonchev–Trinajstić information content (AvgIpc) is 2.46. The fourth-order valence-corrected chi connectivity index (χ4v) is 3.26. The van der Waals surface area contributed by atoms with Gasteiger partial charge in [0.1, 0.15) is 0 Å². The summed E-state index contributed by atoms with van der Waals surface area (Å²) in [6.45, 7) is -0.155. The summed E-state index contributed by atoms with van der Waals surface area (Å²) in [7, 11) is 0. The van der Waals surface area contributed by atoms with Gasteiger partial charge in [0.05, 0.1) is 13.1 Å². The van der Waals surface area contributed by atoms with Crippen LogP contribution in [0.4, 0.5) is 4.39 Å². The van der Waals surface area contributed by atoms with E-state index in [-0.39, 0.29) is 6.67 Å². The van der Waals surface area contributed by atoms with E-state index >= 15 is 0 Å². The van der Waals surface area contributed by atoms with Crippen LogP contribution in [-0.2, 0) is 4.79 Å². The molecular weight excluding hydrogens is 286 g/mol. The minimum absolute atomic E-state index is 0.155. The summed E-state index contributed by atoms with van der Waals surface area (Å²) in [5.41, 5.74) is 0. The first-order valence-corrected chi connectivity index (χ1v) is 9.78. The molecule has 0 aromatic rings. The molecule has 0 atom stereocenters. The van der Waals surface area contributed by atoms with Crippen LogP contribution < -0.4 is 0 Å². The van der Waals surface area contributed by atoms with Crippen LogP contribution in [0, 0.1) is 0 Å². The van der Waals surface area contributed by atoms with Crippen LogP contribution in [0.15, 0.2) is 0 Å². The summed E-state index contributed by atoms with van der Waals surface area (Å²) in [5.74, 6) is 1.16. The topological polar surface area (TPSA) is 37.3 Å². The van der Waals surface area contributed by atoms with E-state index in [1.807, 2.05) is 0 Å². The van der Waals surface area contributed by atoms with E-state index in [0.29, 0.717) is 6.42 Å². The third-order valence-corrected chi connectivity index (χ3v) is 4.70. The number of carboxylic acids is 1. The van der Waals surface area contributed by atoms with Crippen LogP contribution >= 0.6 is 11.8 Å². The van der Waals surface area contributed by atoms with Crippen LogP contribution in [0.3, 0.4) is 0 Å². The molecule has 0 radical (unpaired) electrons. The van der Waals surface area contributed by atoms with Crippen LogP contribution in [0.1, 0.15) is 83.5 Å². The fourth-order valence-electron chi connectivity index (χ4n) is 2.33. The summed E-state index contributed by atoms with van der Waals surface area (Å²) in [6, 6.07) is 0. The van der Waals surface area contributed by atoms with Gasteiger partial charge in [0.15, 0.2) is 0 Å². The van der Waals surface area contributed by atoms with Gasteiger partial charge in [0.2, 0.25) is 0 Å². The Morgan fingerprint density at radius 3 is 1.57 bits per heavy atom. The zero-order chi connectivity index (χ0) is 15.6. The second kappa shape index (κ2) is 17.8. The summed E-state index contributed by atoms with van der Waals surface area (Å²) in [5, 5.41) is 8.50. The maximum atomic E-state index is 11.9. The lowest BCUT2D eigenvalue weighted by Crippen LogP contribution is -1.96. The molecule has 0 saturated heterocycles. The van der Waals surface area contributed by atoms with E-state index in [1.165, 1.54) is 64.2 Å². The lowest BCUT2D eigenvalue weighted by atomic mass is 10.1. The number of alkyl halides is 1. The predicted octanol–water partition coefficient (Wildman–Crippen LogP) is 5.85. The molecule has 0 amide bonds. The third-order valence-electron chi connectivity index (χ3n) is 3.63. The molecule has 0 aromatic heterocycles. The summed E-state index contributed by atoms with van der Waals surface area (Å²) in [4.78, 5) is 10.3. The number of carbonyl (C=O) groups is 1. The molecule has 21 heavy (non-hydrogen) atoms. The normalized spacial score (nSPS) is 10.9. The lowest BCUT2D eigenvalue weighted by molar-refractivity contribution is -0.136. The summed E-state index contributed by atoms with van der Waals surface area (Å²) >= 11 is 1.76. The standard InChI is InChI=1S/C17H33FO2S/c18-14-11-9-7-5-3-1-2-4-6-8-10-12-15-21-16-13-17(19)20/h1-16H2,(H,19,20)/i18-1. The van der Waals surface area contributed by atoms with E-state index in [4.69, 9.17) is 5.11 Å². The molecule has 0 aliphatic heterocycles. The molecule has 0 aliphatic rings. The molecule has 1 N–H and O–H groups in total. The summed E-state index contributed by atoms with van der Waals surface area (Å²) in [6.07, 6.45) is 15.0. The fraction of sp³-hybridized carbons (Fsp3) is 0.941. The molecule has 4 heteroatoms. The molecule has 0 saturated carbocycles. The number of halogens is 1. The van der Waals surface area contributed by atoms with Crippen LogP contribution in [-0.4, -0.2) is 29.3 Å². The van der Waals surface area contributed by atoms with Gasteiger partial charge in [-0.25, -0.2) is 0 Å². The van der Waals surface area contributed by atoms with E-state index in [0.717, 1.165) is 24.3 Å². The Kier molecular flexibility index (Phi) is 17.6. The third kappa shape index (κ3) is 19.8. The Hall–Kier alpha value is -0.250. The number of hydrogen-bond donors (Lipinski definition) is 1. The highest BCUT2D eigenvalue weighted by Crippen LogP contribution is 2.13. The number of unbranched alkanes of at least 4 members (excludes halogenated alkanes) is 11. The van der Waals surface area contributed by atoms with Gasteiger partial charge in [-0.1, -0.05) is 64.2 Å². The molecule has 0 spiro atoms. The van der Waals surface area contributed by atoms with Crippen molar-refractivity contribution >= 4 is 17.7 Å². The van der Waals surface area contributed by atoms with E-state index in [9.17, 15) is 9.18 Å². The molecule has 2 nitrogen and oxygen atoms in total. The Balaban J connectivity index is 2.95. The number of thioether (sulfide) groups is 1. The molecule has 0 aromatic carbocycles. The first-order chi connectivity index (χ1) is 10.3. The molecule has 126 valence electrons. The van der Waals surface area contributed by atoms with Crippen molar-refractivity contribution in [3.8, 4) is 0 Å². The van der Waals surface area contributed by atoms with Crippen LogP contribution in [0.25, 0.3) is 0 Å². The Morgan fingerprint density at radius 2 is 1.14 bits per heavy atom. The first kappa shape index (κ1) is 20.8. The number of rotatable bonds is 17. The van der Waals surface area contributed by atoms with Gasteiger partial charge >= 0.3 is 5.97 Å². The quantitative estimate of drug-likeness (QED) is 0.342. The van der Waals surface area contributed by atoms with Crippen molar-refractivity contribution in [3.05, 3.63) is 0 Å². The largest absolute Gasteiger partial charge is 0.481 e. The van der Waals surface area contributed by atoms with E-state index in [2.05, 4.69) is 0 Å². The average molecular weight is 320 g/mol. The molecule has 0 fully saturated rings. The number of aliphatic carboxylic acids is 1. The smallest absolute Gasteiger partial charge is 0.304 e. The molecule has 0 aliphatic carbocycles. The van der Waals surface area contributed by atoms with Gasteiger partial charge in [-0.05, 0) is 18.6 Å². The van der Waals surface area contributed by atoms with Crippen molar-refractivity contribution in [2.75, 3.05) is 18.2 Å². The van der Waals surface area contributed by atoms with Crippen molar-refractivity contribution < 1.29 is 14.3 Å². The summed E-state index contributed by atoms with van der Waals surface area (Å²) < 4.78 is 11.9. The van der Waals surface area contributed by atoms with Crippen molar-refractivity contribution in [1.82, 2.24) is 0 Å². The Morgan fingerprint density at radius 1 is 0.714 bits per heavy atom. The van der Waals surface area contributed by atoms with Gasteiger partial charge < -0.3 is 5.11 Å². The SMILES string of the molecule is O=C(O)CCSCCCCCCCCCCCCCC[18F]. The Bertz CT molecular complexity index is 225. The zero-order valence-corrected chi connectivity index (χ0v) is 14.3. The minimum Gasteiger partial charge on any atom is -0.481 e. The van der Waals surface area contributed by atoms with Crippen molar-refractivity contribution in [2.45, 2.75) is 83.5 Å². The number of hydrogen-bond acceptors (Lipinski definition) is 2. The molecule has 0 heterocycles.